The smallest absolute Gasteiger partial charge is 0.241 e. The van der Waals surface area contributed by atoms with E-state index in [9.17, 15) is 9.59 Å². The fourth-order valence-electron chi connectivity index (χ4n) is 1.86. The molecule has 0 bridgehead atoms. The molecule has 0 aliphatic heterocycles. The number of nitrogens with zero attached hydrogens (tertiary/aromatic N) is 3. The molecule has 0 spiro atoms. The quantitative estimate of drug-likeness (QED) is 0.781. The number of hydrogen-bond acceptors (Lipinski definition) is 3. The summed E-state index contributed by atoms with van der Waals surface area (Å²) in [5.74, 6) is -0.0178. The van der Waals surface area contributed by atoms with Gasteiger partial charge < -0.3 is 9.80 Å². The molecule has 0 aliphatic rings. The molecule has 110 valence electrons. The van der Waals surface area contributed by atoms with E-state index < -0.39 is 0 Å². The molecule has 0 fully saturated rings. The van der Waals surface area contributed by atoms with Crippen LogP contribution in [0.15, 0.2) is 30.3 Å². The van der Waals surface area contributed by atoms with Crippen LogP contribution in [0, 0.1) is 0 Å². The number of carbonyl (C=O) groups is 2. The van der Waals surface area contributed by atoms with Crippen molar-refractivity contribution in [1.82, 2.24) is 9.80 Å². The van der Waals surface area contributed by atoms with Crippen molar-refractivity contribution in [2.45, 2.75) is 6.92 Å². The maximum Gasteiger partial charge on any atom is 0.241 e. The van der Waals surface area contributed by atoms with E-state index in [1.54, 1.807) is 30.9 Å². The van der Waals surface area contributed by atoms with Crippen molar-refractivity contribution in [2.75, 3.05) is 45.7 Å². The summed E-state index contributed by atoms with van der Waals surface area (Å²) in [5, 5.41) is 0. The molecule has 0 aliphatic carbocycles. The Morgan fingerprint density at radius 3 is 2.00 bits per heavy atom. The van der Waals surface area contributed by atoms with Crippen LogP contribution in [0.3, 0.4) is 0 Å². The van der Waals surface area contributed by atoms with Gasteiger partial charge in [-0.1, -0.05) is 18.2 Å². The summed E-state index contributed by atoms with van der Waals surface area (Å²) < 4.78 is 0. The van der Waals surface area contributed by atoms with Crippen LogP contribution in [0.5, 0.6) is 0 Å². The lowest BCUT2D eigenvalue weighted by Crippen LogP contribution is -2.42. The van der Waals surface area contributed by atoms with Gasteiger partial charge in [0.1, 0.15) is 0 Å². The first-order valence-electron chi connectivity index (χ1n) is 6.69. The van der Waals surface area contributed by atoms with E-state index in [1.165, 1.54) is 4.90 Å². The van der Waals surface area contributed by atoms with Crippen molar-refractivity contribution in [3.05, 3.63) is 30.3 Å². The molecule has 5 heteroatoms. The summed E-state index contributed by atoms with van der Waals surface area (Å²) >= 11 is 0. The zero-order chi connectivity index (χ0) is 15.1. The Kier molecular flexibility index (Phi) is 6.18. The molecule has 0 radical (unpaired) electrons. The molecule has 5 nitrogen and oxygen atoms in total. The molecule has 1 aromatic carbocycles. The Labute approximate surface area is 120 Å². The number of anilines is 1. The number of hydrogen-bond donors (Lipinski definition) is 0. The maximum atomic E-state index is 12.3. The van der Waals surface area contributed by atoms with Crippen LogP contribution in [-0.4, -0.2) is 62.4 Å². The third-order valence-electron chi connectivity index (χ3n) is 2.99. The number of para-hydroxylation sites is 1. The van der Waals surface area contributed by atoms with Gasteiger partial charge in [-0.3, -0.25) is 14.5 Å². The molecule has 0 aromatic heterocycles. The maximum absolute atomic E-state index is 12.3. The van der Waals surface area contributed by atoms with Crippen LogP contribution < -0.4 is 4.90 Å². The largest absolute Gasteiger partial charge is 0.348 e. The fraction of sp³-hybridized carbons (Fsp3) is 0.467. The molecule has 0 unspecified atom stereocenters. The summed E-state index contributed by atoms with van der Waals surface area (Å²) in [7, 11) is 5.19. The number of carbonyl (C=O) groups excluding carboxylic acids is 2. The number of likely N-dealkylation sites (N-methyl/N-ethyl adjacent to an activating group) is 3. The Balaban J connectivity index is 2.62. The summed E-state index contributed by atoms with van der Waals surface area (Å²) in [5.41, 5.74) is 0.882. The van der Waals surface area contributed by atoms with E-state index in [4.69, 9.17) is 0 Å². The van der Waals surface area contributed by atoms with Crippen LogP contribution in [0.25, 0.3) is 0 Å². The number of rotatable bonds is 6. The molecule has 2 amide bonds. The van der Waals surface area contributed by atoms with Gasteiger partial charge in [-0.15, -0.1) is 0 Å². The first-order chi connectivity index (χ1) is 9.45. The van der Waals surface area contributed by atoms with E-state index in [-0.39, 0.29) is 24.9 Å². The Bertz CT molecular complexity index is 446. The highest BCUT2D eigenvalue weighted by Gasteiger charge is 2.17. The van der Waals surface area contributed by atoms with Gasteiger partial charge in [-0.25, -0.2) is 0 Å². The molecule has 0 heterocycles. The number of amides is 2. The van der Waals surface area contributed by atoms with Gasteiger partial charge in [0.05, 0.1) is 13.1 Å². The Hall–Kier alpha value is -1.88. The highest BCUT2D eigenvalue weighted by molar-refractivity contribution is 5.95. The molecular weight excluding hydrogens is 254 g/mol. The summed E-state index contributed by atoms with van der Waals surface area (Å²) in [4.78, 5) is 28.9. The van der Waals surface area contributed by atoms with E-state index in [2.05, 4.69) is 0 Å². The molecule has 20 heavy (non-hydrogen) atoms. The van der Waals surface area contributed by atoms with E-state index >= 15 is 0 Å². The fourth-order valence-corrected chi connectivity index (χ4v) is 1.86. The van der Waals surface area contributed by atoms with Crippen molar-refractivity contribution in [3.8, 4) is 0 Å². The first-order valence-corrected chi connectivity index (χ1v) is 6.69. The van der Waals surface area contributed by atoms with Crippen molar-refractivity contribution in [3.63, 3.8) is 0 Å². The minimum Gasteiger partial charge on any atom is -0.348 e. The lowest BCUT2D eigenvalue weighted by atomic mass is 10.2. The second-order valence-electron chi connectivity index (χ2n) is 4.93. The topological polar surface area (TPSA) is 43.9 Å². The summed E-state index contributed by atoms with van der Waals surface area (Å²) in [6.45, 7) is 3.02. The second-order valence-corrected chi connectivity index (χ2v) is 4.93. The molecule has 1 rings (SSSR count). The molecule has 0 N–H and O–H groups in total. The van der Waals surface area contributed by atoms with E-state index in [0.29, 0.717) is 6.54 Å². The van der Waals surface area contributed by atoms with Crippen LogP contribution in [0.1, 0.15) is 6.92 Å². The lowest BCUT2D eigenvalue weighted by Gasteiger charge is -2.24. The minimum absolute atomic E-state index is 0.00671. The summed E-state index contributed by atoms with van der Waals surface area (Å²) in [6, 6.07) is 9.55. The average Bonchev–Trinajstić information content (AvgIpc) is 2.40. The van der Waals surface area contributed by atoms with Crippen molar-refractivity contribution in [1.29, 1.82) is 0 Å². The second kappa shape index (κ2) is 7.65. The van der Waals surface area contributed by atoms with Gasteiger partial charge in [0.2, 0.25) is 11.8 Å². The molecule has 1 aromatic rings. The molecule has 0 saturated carbocycles. The summed E-state index contributed by atoms with van der Waals surface area (Å²) in [6.07, 6.45) is 0. The minimum atomic E-state index is -0.0111. The molecular formula is C15H23N3O2. The Morgan fingerprint density at radius 1 is 0.950 bits per heavy atom. The third-order valence-corrected chi connectivity index (χ3v) is 2.99. The zero-order valence-electron chi connectivity index (χ0n) is 12.7. The van der Waals surface area contributed by atoms with Crippen molar-refractivity contribution in [2.24, 2.45) is 0 Å². The van der Waals surface area contributed by atoms with Crippen LogP contribution >= 0.6 is 0 Å². The first kappa shape index (κ1) is 16.2. The lowest BCUT2D eigenvalue weighted by molar-refractivity contribution is -0.130. The Morgan fingerprint density at radius 2 is 1.50 bits per heavy atom. The third kappa shape index (κ3) is 4.66. The normalized spacial score (nSPS) is 10.4. The van der Waals surface area contributed by atoms with Crippen molar-refractivity contribution >= 4 is 17.5 Å². The standard InChI is InChI=1S/C15H23N3O2/c1-5-18(13-9-7-6-8-10-13)15(20)12-17(4)11-14(19)16(2)3/h6-10H,5,11-12H2,1-4H3. The average molecular weight is 277 g/mol. The van der Waals surface area contributed by atoms with E-state index in [1.807, 2.05) is 37.3 Å². The van der Waals surface area contributed by atoms with Gasteiger partial charge in [0.15, 0.2) is 0 Å². The predicted molar refractivity (Wildman–Crippen MR) is 80.7 cm³/mol. The number of benzene rings is 1. The molecule has 0 saturated heterocycles. The van der Waals surface area contributed by atoms with Crippen LogP contribution in [0.4, 0.5) is 5.69 Å². The highest BCUT2D eigenvalue weighted by Crippen LogP contribution is 2.13. The van der Waals surface area contributed by atoms with Gasteiger partial charge in [-0.2, -0.15) is 0 Å². The van der Waals surface area contributed by atoms with Crippen molar-refractivity contribution < 1.29 is 9.59 Å². The highest BCUT2D eigenvalue weighted by atomic mass is 16.2. The monoisotopic (exact) mass is 277 g/mol. The zero-order valence-corrected chi connectivity index (χ0v) is 12.7. The van der Waals surface area contributed by atoms with Crippen LogP contribution in [-0.2, 0) is 9.59 Å². The van der Waals surface area contributed by atoms with Gasteiger partial charge in [-0.05, 0) is 26.1 Å². The van der Waals surface area contributed by atoms with Crippen LogP contribution in [0.2, 0.25) is 0 Å². The predicted octanol–water partition coefficient (Wildman–Crippen LogP) is 1.06. The van der Waals surface area contributed by atoms with Gasteiger partial charge >= 0.3 is 0 Å². The van der Waals surface area contributed by atoms with Gasteiger partial charge in [0.25, 0.3) is 0 Å². The SMILES string of the molecule is CCN(C(=O)CN(C)CC(=O)N(C)C)c1ccccc1. The molecule has 0 atom stereocenters. The van der Waals surface area contributed by atoms with E-state index in [0.717, 1.165) is 5.69 Å². The van der Waals surface area contributed by atoms with Gasteiger partial charge in [0, 0.05) is 26.3 Å².